The van der Waals surface area contributed by atoms with Gasteiger partial charge >= 0.3 is 5.97 Å². The summed E-state index contributed by atoms with van der Waals surface area (Å²) in [6, 6.07) is 0. The highest BCUT2D eigenvalue weighted by molar-refractivity contribution is 7.49. The smallest absolute Gasteiger partial charge is 0.319 e. The van der Waals surface area contributed by atoms with Crippen LogP contribution in [0.5, 0.6) is 0 Å². The van der Waals surface area contributed by atoms with E-state index in [9.17, 15) is 4.79 Å². The Hall–Kier alpha value is -1.24. The predicted molar refractivity (Wildman–Crippen MR) is 119 cm³/mol. The Morgan fingerprint density at radius 1 is 1.03 bits per heavy atom. The maximum atomic E-state index is 12.9. The quantitative estimate of drug-likeness (QED) is 0.135. The van der Waals surface area contributed by atoms with Crippen LogP contribution in [-0.4, -0.2) is 42.2 Å². The second-order valence-electron chi connectivity index (χ2n) is 8.06. The molecule has 0 spiro atoms. The van der Waals surface area contributed by atoms with E-state index < -0.39 is 25.6 Å². The van der Waals surface area contributed by atoms with Crippen molar-refractivity contribution in [3.8, 4) is 0 Å². The van der Waals surface area contributed by atoms with Crippen molar-refractivity contribution >= 4 is 26.1 Å². The number of hydrogen-bond donors (Lipinski definition) is 0. The third kappa shape index (κ3) is 11.2. The van der Waals surface area contributed by atoms with E-state index in [1.165, 1.54) is 25.7 Å². The van der Waals surface area contributed by atoms with E-state index >= 15 is 0 Å². The van der Waals surface area contributed by atoms with Gasteiger partial charge in [0.15, 0.2) is 14.2 Å². The average Bonchev–Trinajstić information content (AvgIpc) is 2.68. The molecule has 0 saturated heterocycles. The van der Waals surface area contributed by atoms with Crippen LogP contribution in [0.1, 0.15) is 92.9 Å². The lowest BCUT2D eigenvalue weighted by Crippen LogP contribution is -2.34. The van der Waals surface area contributed by atoms with Gasteiger partial charge in [0.2, 0.25) is 0 Å². The molecule has 0 saturated carbocycles. The van der Waals surface area contributed by atoms with Crippen LogP contribution in [0, 0.1) is 0 Å². The van der Waals surface area contributed by atoms with Gasteiger partial charge in [-0.2, -0.15) is 9.98 Å². The number of ether oxygens (including phenoxy) is 1. The third-order valence-electron chi connectivity index (χ3n) is 4.10. The number of amidine groups is 1. The zero-order chi connectivity index (χ0) is 22.4. The molecule has 0 bridgehead atoms. The van der Waals surface area contributed by atoms with Crippen molar-refractivity contribution in [1.82, 2.24) is 0 Å². The maximum absolute atomic E-state index is 12.9. The molecule has 0 radical (unpaired) electrons. The van der Waals surface area contributed by atoms with Crippen LogP contribution in [-0.2, 0) is 28.5 Å². The standard InChI is InChI=1S/C21H39N2O6P/c1-7-10-11-12-13-14-15-18-22-19(28-29-23-18)16-17(20(24)27-21(4,5)6)30(25-8-2)26-9-3/h17H,7-16H2,1-6H3. The summed E-state index contributed by atoms with van der Waals surface area (Å²) in [6.45, 7) is 12.3. The number of rotatable bonds is 15. The highest BCUT2D eigenvalue weighted by atomic mass is 31.2. The number of carbonyl (C=O) groups excluding carboxylic acids is 1. The molecule has 0 fully saturated rings. The molecule has 1 aliphatic rings. The van der Waals surface area contributed by atoms with Gasteiger partial charge in [0.1, 0.15) is 11.3 Å². The molecular formula is C21H39N2O6P. The highest BCUT2D eigenvalue weighted by Gasteiger charge is 2.37. The Bertz CT molecular complexity index is 556. The molecule has 174 valence electrons. The number of carbonyl (C=O) groups is 1. The largest absolute Gasteiger partial charge is 0.459 e. The molecule has 0 aromatic rings. The highest BCUT2D eigenvalue weighted by Crippen LogP contribution is 2.46. The lowest BCUT2D eigenvalue weighted by Gasteiger charge is -2.28. The first-order chi connectivity index (χ1) is 14.3. The van der Waals surface area contributed by atoms with Crippen LogP contribution >= 0.6 is 8.38 Å². The zero-order valence-electron chi connectivity index (χ0n) is 19.4. The minimum absolute atomic E-state index is 0.163. The molecule has 1 heterocycles. The molecule has 0 aromatic heterocycles. The lowest BCUT2D eigenvalue weighted by molar-refractivity contribution is -0.228. The third-order valence-corrected chi connectivity index (χ3v) is 6.03. The zero-order valence-corrected chi connectivity index (χ0v) is 20.3. The van der Waals surface area contributed by atoms with E-state index in [0.717, 1.165) is 12.8 Å². The van der Waals surface area contributed by atoms with Crippen molar-refractivity contribution in [3.05, 3.63) is 0 Å². The Balaban J connectivity index is 2.77. The van der Waals surface area contributed by atoms with Gasteiger partial charge in [-0.25, -0.2) is 0 Å². The second kappa shape index (κ2) is 14.7. The fourth-order valence-electron chi connectivity index (χ4n) is 2.78. The molecule has 0 aromatic carbocycles. The molecule has 1 atom stereocenters. The van der Waals surface area contributed by atoms with E-state index in [-0.39, 0.29) is 12.3 Å². The summed E-state index contributed by atoms with van der Waals surface area (Å²) in [6.07, 6.45) is 7.97. The van der Waals surface area contributed by atoms with Crippen molar-refractivity contribution in [2.45, 2.75) is 104 Å². The minimum Gasteiger partial charge on any atom is -0.459 e. The molecular weight excluding hydrogens is 407 g/mol. The summed E-state index contributed by atoms with van der Waals surface area (Å²) in [4.78, 5) is 27.3. The van der Waals surface area contributed by atoms with Gasteiger partial charge in [0, 0.05) is 6.42 Å². The fourth-order valence-corrected chi connectivity index (χ4v) is 4.26. The van der Waals surface area contributed by atoms with Crippen LogP contribution < -0.4 is 0 Å². The molecule has 30 heavy (non-hydrogen) atoms. The molecule has 0 amide bonds. The summed E-state index contributed by atoms with van der Waals surface area (Å²) in [5.41, 5.74) is -1.29. The minimum atomic E-state index is -1.51. The Labute approximate surface area is 182 Å². The van der Waals surface area contributed by atoms with Crippen LogP contribution in [0.4, 0.5) is 0 Å². The molecule has 1 unspecified atom stereocenters. The SMILES string of the molecule is CCCCCCCCC1=NOOC(CC(C(=O)OC(C)(C)C)P(OCC)OCC)=N1. The predicted octanol–water partition coefficient (Wildman–Crippen LogP) is 5.90. The monoisotopic (exact) mass is 446 g/mol. The molecule has 9 heteroatoms. The van der Waals surface area contributed by atoms with Gasteiger partial charge in [0.05, 0.1) is 19.6 Å². The van der Waals surface area contributed by atoms with Gasteiger partial charge in [-0.3, -0.25) is 9.68 Å². The van der Waals surface area contributed by atoms with E-state index in [2.05, 4.69) is 17.1 Å². The number of esters is 1. The summed E-state index contributed by atoms with van der Waals surface area (Å²) in [5.74, 6) is 0.461. The summed E-state index contributed by atoms with van der Waals surface area (Å²) in [5, 5.41) is 3.88. The van der Waals surface area contributed by atoms with Crippen LogP contribution in [0.2, 0.25) is 0 Å². The van der Waals surface area contributed by atoms with Crippen LogP contribution in [0.15, 0.2) is 10.1 Å². The average molecular weight is 447 g/mol. The van der Waals surface area contributed by atoms with Crippen molar-refractivity contribution in [2.75, 3.05) is 13.2 Å². The Kier molecular flexibility index (Phi) is 13.1. The van der Waals surface area contributed by atoms with E-state index in [1.54, 1.807) is 0 Å². The number of unbranched alkanes of at least 4 members (excludes halogenated alkanes) is 5. The normalized spacial score (nSPS) is 15.2. The molecule has 1 rings (SSSR count). The maximum Gasteiger partial charge on any atom is 0.319 e. The molecule has 8 nitrogen and oxygen atoms in total. The number of oxime groups is 1. The number of aliphatic imine (C=N–C) groups is 1. The summed E-state index contributed by atoms with van der Waals surface area (Å²) >= 11 is 0. The van der Waals surface area contributed by atoms with Gasteiger partial charge in [-0.15, -0.1) is 0 Å². The molecule has 1 aliphatic heterocycles. The summed E-state index contributed by atoms with van der Waals surface area (Å²) in [7, 11) is -1.51. The van der Waals surface area contributed by atoms with Gasteiger partial charge in [-0.1, -0.05) is 39.0 Å². The first-order valence-electron chi connectivity index (χ1n) is 11.1. The van der Waals surface area contributed by atoms with E-state index in [4.69, 9.17) is 23.7 Å². The van der Waals surface area contributed by atoms with Crippen molar-refractivity contribution in [2.24, 2.45) is 10.1 Å². The van der Waals surface area contributed by atoms with E-state index in [1.807, 2.05) is 34.6 Å². The Morgan fingerprint density at radius 3 is 2.27 bits per heavy atom. The number of hydrogen-bond acceptors (Lipinski definition) is 8. The first-order valence-corrected chi connectivity index (χ1v) is 12.3. The van der Waals surface area contributed by atoms with Gasteiger partial charge < -0.3 is 13.8 Å². The van der Waals surface area contributed by atoms with Crippen LogP contribution in [0.3, 0.4) is 0 Å². The van der Waals surface area contributed by atoms with Crippen LogP contribution in [0.25, 0.3) is 0 Å². The second-order valence-corrected chi connectivity index (χ2v) is 9.77. The van der Waals surface area contributed by atoms with Crippen molar-refractivity contribution < 1.29 is 28.5 Å². The molecule has 0 aliphatic carbocycles. The molecule has 0 N–H and O–H groups in total. The summed E-state index contributed by atoms with van der Waals surface area (Å²) < 4.78 is 17.0. The lowest BCUT2D eigenvalue weighted by atomic mass is 10.1. The first kappa shape index (κ1) is 26.8. The van der Waals surface area contributed by atoms with Crippen molar-refractivity contribution in [1.29, 1.82) is 0 Å². The van der Waals surface area contributed by atoms with Gasteiger partial charge in [-0.05, 0) is 46.2 Å². The fraction of sp³-hybridized carbons (Fsp3) is 0.857. The van der Waals surface area contributed by atoms with Crippen molar-refractivity contribution in [3.63, 3.8) is 0 Å². The van der Waals surface area contributed by atoms with E-state index in [0.29, 0.717) is 25.5 Å². The number of nitrogens with zero attached hydrogens (tertiary/aromatic N) is 2. The Morgan fingerprint density at radius 2 is 1.67 bits per heavy atom. The topological polar surface area (TPSA) is 87.9 Å². The van der Waals surface area contributed by atoms with Gasteiger partial charge in [0.25, 0.3) is 5.90 Å².